The van der Waals surface area contributed by atoms with E-state index >= 15 is 0 Å². The molecule has 96 valence electrons. The van der Waals surface area contributed by atoms with Crippen LogP contribution < -0.4 is 5.73 Å². The van der Waals surface area contributed by atoms with Gasteiger partial charge >= 0.3 is 0 Å². The monoisotopic (exact) mass is 247 g/mol. The molecule has 1 atom stereocenters. The summed E-state index contributed by atoms with van der Waals surface area (Å²) in [6, 6.07) is -0.598. The lowest BCUT2D eigenvalue weighted by atomic mass is 10.0. The van der Waals surface area contributed by atoms with E-state index in [4.69, 9.17) is 5.73 Å². The largest absolute Gasteiger partial charge is 0.338 e. The standard InChI is InChI=1S/C12H17N5O/c1-16-6-5-14-11(16)4-3-10(18)12(13)9-7-15-17(2)8-9/h5-8,12H,3-4,13H2,1-2H3. The second-order valence-electron chi connectivity index (χ2n) is 4.35. The van der Waals surface area contributed by atoms with Crippen LogP contribution in [0.2, 0.25) is 0 Å². The van der Waals surface area contributed by atoms with Gasteiger partial charge in [-0.2, -0.15) is 5.10 Å². The average molecular weight is 247 g/mol. The van der Waals surface area contributed by atoms with Crippen molar-refractivity contribution in [2.24, 2.45) is 19.8 Å². The quantitative estimate of drug-likeness (QED) is 0.827. The Morgan fingerprint density at radius 3 is 2.83 bits per heavy atom. The number of Topliss-reactive ketones (excluding diaryl/α,β-unsaturated/α-hetero) is 1. The van der Waals surface area contributed by atoms with Gasteiger partial charge in [0.05, 0.1) is 12.2 Å². The molecule has 2 aromatic rings. The minimum atomic E-state index is -0.598. The number of nitrogens with zero attached hydrogens (tertiary/aromatic N) is 4. The fourth-order valence-corrected chi connectivity index (χ4v) is 1.81. The van der Waals surface area contributed by atoms with E-state index in [9.17, 15) is 4.79 Å². The van der Waals surface area contributed by atoms with Gasteiger partial charge in [0, 0.05) is 51.1 Å². The smallest absolute Gasteiger partial charge is 0.154 e. The number of carbonyl (C=O) groups excluding carboxylic acids is 1. The Kier molecular flexibility index (Phi) is 3.57. The van der Waals surface area contributed by atoms with Crippen molar-refractivity contribution >= 4 is 5.78 Å². The molecule has 0 saturated carbocycles. The van der Waals surface area contributed by atoms with Crippen molar-refractivity contribution in [1.29, 1.82) is 0 Å². The molecule has 0 spiro atoms. The summed E-state index contributed by atoms with van der Waals surface area (Å²) in [4.78, 5) is 16.1. The maximum atomic E-state index is 12.0. The van der Waals surface area contributed by atoms with Gasteiger partial charge in [-0.25, -0.2) is 4.98 Å². The van der Waals surface area contributed by atoms with E-state index in [2.05, 4.69) is 10.1 Å². The first-order valence-electron chi connectivity index (χ1n) is 5.81. The SMILES string of the molecule is Cn1cc(C(N)C(=O)CCc2nccn2C)cn1. The van der Waals surface area contributed by atoms with Crippen LogP contribution >= 0.6 is 0 Å². The van der Waals surface area contributed by atoms with Crippen LogP contribution in [0.4, 0.5) is 0 Å². The molecule has 2 rings (SSSR count). The van der Waals surface area contributed by atoms with Gasteiger partial charge < -0.3 is 10.3 Å². The normalized spacial score (nSPS) is 12.6. The van der Waals surface area contributed by atoms with Crippen LogP contribution in [0.3, 0.4) is 0 Å². The van der Waals surface area contributed by atoms with Crippen molar-refractivity contribution in [3.63, 3.8) is 0 Å². The summed E-state index contributed by atoms with van der Waals surface area (Å²) in [5.74, 6) is 0.896. The maximum absolute atomic E-state index is 12.0. The third kappa shape index (κ3) is 2.65. The second-order valence-corrected chi connectivity index (χ2v) is 4.35. The lowest BCUT2D eigenvalue weighted by molar-refractivity contribution is -0.120. The molecule has 0 radical (unpaired) electrons. The van der Waals surface area contributed by atoms with Crippen LogP contribution in [0.25, 0.3) is 0 Å². The van der Waals surface area contributed by atoms with Gasteiger partial charge in [-0.3, -0.25) is 9.48 Å². The number of hydrogen-bond donors (Lipinski definition) is 1. The summed E-state index contributed by atoms with van der Waals surface area (Å²) in [7, 11) is 3.71. The third-order valence-electron chi connectivity index (χ3n) is 2.95. The molecule has 6 nitrogen and oxygen atoms in total. The molecule has 0 aliphatic heterocycles. The lowest BCUT2D eigenvalue weighted by Crippen LogP contribution is -2.21. The number of rotatable bonds is 5. The first-order valence-corrected chi connectivity index (χ1v) is 5.81. The van der Waals surface area contributed by atoms with E-state index in [0.717, 1.165) is 11.4 Å². The molecular formula is C12H17N5O. The fraction of sp³-hybridized carbons (Fsp3) is 0.417. The van der Waals surface area contributed by atoms with Gasteiger partial charge in [0.2, 0.25) is 0 Å². The van der Waals surface area contributed by atoms with Crippen molar-refractivity contribution in [3.8, 4) is 0 Å². The van der Waals surface area contributed by atoms with Gasteiger partial charge in [-0.1, -0.05) is 0 Å². The van der Waals surface area contributed by atoms with Gasteiger partial charge in [-0.05, 0) is 0 Å². The summed E-state index contributed by atoms with van der Waals surface area (Å²) in [5.41, 5.74) is 6.65. The molecule has 0 saturated heterocycles. The molecular weight excluding hydrogens is 230 g/mol. The van der Waals surface area contributed by atoms with Crippen LogP contribution in [0.5, 0.6) is 0 Å². The Labute approximate surface area is 105 Å². The zero-order valence-corrected chi connectivity index (χ0v) is 10.6. The summed E-state index contributed by atoms with van der Waals surface area (Å²) in [6.07, 6.45) is 7.98. The van der Waals surface area contributed by atoms with Crippen LogP contribution in [-0.2, 0) is 25.3 Å². The molecule has 0 aliphatic rings. The maximum Gasteiger partial charge on any atom is 0.154 e. The van der Waals surface area contributed by atoms with Gasteiger partial charge in [0.15, 0.2) is 5.78 Å². The summed E-state index contributed by atoms with van der Waals surface area (Å²) in [5, 5.41) is 4.01. The molecule has 0 bridgehead atoms. The molecule has 0 aliphatic carbocycles. The van der Waals surface area contributed by atoms with Crippen molar-refractivity contribution in [1.82, 2.24) is 19.3 Å². The van der Waals surface area contributed by atoms with Crippen LogP contribution in [0, 0.1) is 0 Å². The predicted octanol–water partition coefficient (Wildman–Crippen LogP) is 0.355. The fourth-order valence-electron chi connectivity index (χ4n) is 1.81. The van der Waals surface area contributed by atoms with Gasteiger partial charge in [0.25, 0.3) is 0 Å². The number of ketones is 1. The Balaban J connectivity index is 1.94. The highest BCUT2D eigenvalue weighted by Gasteiger charge is 2.17. The average Bonchev–Trinajstić information content (AvgIpc) is 2.94. The number of imidazole rings is 1. The van der Waals surface area contributed by atoms with Crippen molar-refractivity contribution in [3.05, 3.63) is 36.2 Å². The predicted molar refractivity (Wildman–Crippen MR) is 66.7 cm³/mol. The zero-order valence-electron chi connectivity index (χ0n) is 10.6. The number of hydrogen-bond acceptors (Lipinski definition) is 4. The van der Waals surface area contributed by atoms with E-state index in [0.29, 0.717) is 12.8 Å². The number of carbonyl (C=O) groups is 1. The highest BCUT2D eigenvalue weighted by Crippen LogP contribution is 2.12. The van der Waals surface area contributed by atoms with E-state index in [1.54, 1.807) is 30.3 Å². The second kappa shape index (κ2) is 5.14. The molecule has 1 unspecified atom stereocenters. The summed E-state index contributed by atoms with van der Waals surface area (Å²) < 4.78 is 3.55. The van der Waals surface area contributed by atoms with E-state index < -0.39 is 6.04 Å². The van der Waals surface area contributed by atoms with Crippen molar-refractivity contribution in [2.45, 2.75) is 18.9 Å². The zero-order chi connectivity index (χ0) is 13.1. The number of aryl methyl sites for hydroxylation is 3. The Morgan fingerprint density at radius 1 is 1.50 bits per heavy atom. The van der Waals surface area contributed by atoms with Crippen molar-refractivity contribution in [2.75, 3.05) is 0 Å². The minimum absolute atomic E-state index is 0.00556. The molecule has 0 fully saturated rings. The summed E-state index contributed by atoms with van der Waals surface area (Å²) >= 11 is 0. The topological polar surface area (TPSA) is 78.7 Å². The van der Waals surface area contributed by atoms with Crippen LogP contribution in [0.15, 0.2) is 24.8 Å². The Morgan fingerprint density at radius 2 is 2.28 bits per heavy atom. The van der Waals surface area contributed by atoms with Gasteiger partial charge in [-0.15, -0.1) is 0 Å². The van der Waals surface area contributed by atoms with Crippen LogP contribution in [0.1, 0.15) is 23.9 Å². The Bertz CT molecular complexity index is 542. The molecule has 2 aromatic heterocycles. The summed E-state index contributed by atoms with van der Waals surface area (Å²) in [6.45, 7) is 0. The molecule has 2 N–H and O–H groups in total. The lowest BCUT2D eigenvalue weighted by Gasteiger charge is -2.08. The highest BCUT2D eigenvalue weighted by molar-refractivity contribution is 5.85. The van der Waals surface area contributed by atoms with E-state index in [1.165, 1.54) is 0 Å². The van der Waals surface area contributed by atoms with Gasteiger partial charge in [0.1, 0.15) is 5.82 Å². The first-order chi connectivity index (χ1) is 8.58. The third-order valence-corrected chi connectivity index (χ3v) is 2.95. The molecule has 6 heteroatoms. The van der Waals surface area contributed by atoms with Crippen LogP contribution in [-0.4, -0.2) is 25.1 Å². The molecule has 0 amide bonds. The van der Waals surface area contributed by atoms with E-state index in [1.807, 2.05) is 17.8 Å². The number of nitrogens with two attached hydrogens (primary N) is 1. The molecule has 18 heavy (non-hydrogen) atoms. The van der Waals surface area contributed by atoms with Crippen molar-refractivity contribution < 1.29 is 4.79 Å². The molecule has 0 aromatic carbocycles. The van der Waals surface area contributed by atoms with E-state index in [-0.39, 0.29) is 5.78 Å². The Hall–Kier alpha value is -1.95. The highest BCUT2D eigenvalue weighted by atomic mass is 16.1. The number of aromatic nitrogens is 4. The minimum Gasteiger partial charge on any atom is -0.338 e. The molecule has 2 heterocycles. The first kappa shape index (κ1) is 12.5.